The first-order chi connectivity index (χ1) is 10.8. The van der Waals surface area contributed by atoms with Crippen molar-refractivity contribution in [1.82, 2.24) is 4.90 Å². The summed E-state index contributed by atoms with van der Waals surface area (Å²) >= 11 is 1.16. The van der Waals surface area contributed by atoms with Gasteiger partial charge >= 0.3 is 17.9 Å². The molecule has 4 unspecified atom stereocenters. The first-order valence-electron chi connectivity index (χ1n) is 6.99. The van der Waals surface area contributed by atoms with Gasteiger partial charge in [0.05, 0.1) is 11.7 Å². The van der Waals surface area contributed by atoms with Crippen molar-refractivity contribution in [2.45, 2.75) is 44.0 Å². The van der Waals surface area contributed by atoms with E-state index in [0.29, 0.717) is 0 Å². The number of carbonyl (C=O) groups is 3. The molecule has 2 saturated heterocycles. The molecule has 4 atom stereocenters. The van der Waals surface area contributed by atoms with Gasteiger partial charge in [0.2, 0.25) is 0 Å². The lowest BCUT2D eigenvalue weighted by molar-refractivity contribution is -0.156. The van der Waals surface area contributed by atoms with Crippen LogP contribution in [0.15, 0.2) is 0 Å². The van der Waals surface area contributed by atoms with Crippen molar-refractivity contribution in [3.05, 3.63) is 0 Å². The van der Waals surface area contributed by atoms with Crippen LogP contribution in [0, 0.1) is 5.41 Å². The minimum Gasteiger partial charge on any atom is -0.481 e. The van der Waals surface area contributed by atoms with Crippen molar-refractivity contribution in [3.8, 4) is 0 Å². The van der Waals surface area contributed by atoms with Crippen LogP contribution in [0.2, 0.25) is 0 Å². The maximum absolute atomic E-state index is 11.3. The van der Waals surface area contributed by atoms with Crippen LogP contribution < -0.4 is 0 Å². The summed E-state index contributed by atoms with van der Waals surface area (Å²) in [4.78, 5) is 34.5. The van der Waals surface area contributed by atoms with E-state index in [9.17, 15) is 14.4 Å². The minimum atomic E-state index is -0.975. The van der Waals surface area contributed by atoms with Gasteiger partial charge in [-0.2, -0.15) is 0 Å². The number of rotatable bonds is 6. The number of carboxylic acid groups (broad SMARTS) is 1. The van der Waals surface area contributed by atoms with Crippen LogP contribution in [0.5, 0.6) is 0 Å². The van der Waals surface area contributed by atoms with Gasteiger partial charge in [-0.25, -0.2) is 0 Å². The Morgan fingerprint density at radius 2 is 2.04 bits per heavy atom. The number of thioether (sulfide) groups is 1. The topological polar surface area (TPSA) is 126 Å². The highest BCUT2D eigenvalue weighted by Crippen LogP contribution is 2.42. The van der Waals surface area contributed by atoms with E-state index in [4.69, 9.17) is 24.7 Å². The van der Waals surface area contributed by atoms with Gasteiger partial charge in [-0.1, -0.05) is 11.8 Å². The molecule has 2 aliphatic rings. The number of esters is 2. The predicted molar refractivity (Wildman–Crippen MR) is 78.9 cm³/mol. The maximum atomic E-state index is 11.3. The molecule has 2 heterocycles. The third-order valence-electron chi connectivity index (χ3n) is 3.42. The first kappa shape index (κ1) is 17.5. The van der Waals surface area contributed by atoms with Gasteiger partial charge in [0.25, 0.3) is 0 Å². The molecule has 0 spiro atoms. The summed E-state index contributed by atoms with van der Waals surface area (Å²) in [5.41, 5.74) is 0. The van der Waals surface area contributed by atoms with Crippen LogP contribution in [0.4, 0.5) is 0 Å². The molecule has 2 fully saturated rings. The van der Waals surface area contributed by atoms with Crippen LogP contribution in [0.3, 0.4) is 0 Å². The third-order valence-corrected chi connectivity index (χ3v) is 4.65. The van der Waals surface area contributed by atoms with Crippen molar-refractivity contribution in [2.24, 2.45) is 0 Å². The molecule has 2 N–H and O–H groups in total. The number of aliphatic carboxylic acids is 1. The van der Waals surface area contributed by atoms with Crippen molar-refractivity contribution < 1.29 is 33.7 Å². The molecule has 2 aliphatic heterocycles. The Balaban J connectivity index is 2.10. The smallest absolute Gasteiger partial charge is 0.305 e. The molecule has 0 aromatic heterocycles. The summed E-state index contributed by atoms with van der Waals surface area (Å²) in [6, 6.07) is 0. The van der Waals surface area contributed by atoms with Gasteiger partial charge in [0, 0.05) is 20.4 Å². The van der Waals surface area contributed by atoms with Crippen LogP contribution in [0.1, 0.15) is 20.3 Å². The summed E-state index contributed by atoms with van der Waals surface area (Å²) in [5, 5.41) is 16.6. The Bertz CT molecular complexity index is 526. The molecule has 0 amide bonds. The summed E-state index contributed by atoms with van der Waals surface area (Å²) in [6.07, 6.45) is -2.04. The number of fused-ring (bicyclic) bond motifs is 1. The molecule has 23 heavy (non-hydrogen) atoms. The van der Waals surface area contributed by atoms with E-state index in [1.807, 2.05) is 0 Å². The van der Waals surface area contributed by atoms with E-state index in [2.05, 4.69) is 0 Å². The molecular formula is C13H18N2O7S. The van der Waals surface area contributed by atoms with Gasteiger partial charge in [-0.15, -0.1) is 0 Å². The second-order valence-electron chi connectivity index (χ2n) is 5.17. The zero-order valence-electron chi connectivity index (χ0n) is 12.7. The Hall–Kier alpha value is -1.81. The second kappa shape index (κ2) is 7.18. The highest BCUT2D eigenvalue weighted by molar-refractivity contribution is 8.14. The van der Waals surface area contributed by atoms with Crippen LogP contribution in [-0.4, -0.2) is 69.9 Å². The molecule has 9 nitrogen and oxygen atoms in total. The molecule has 0 radical (unpaired) electrons. The molecular weight excluding hydrogens is 328 g/mol. The van der Waals surface area contributed by atoms with Crippen LogP contribution in [0.25, 0.3) is 0 Å². The monoisotopic (exact) mass is 346 g/mol. The fourth-order valence-electron chi connectivity index (χ4n) is 2.51. The SMILES string of the molecule is CC(=O)OCC1OC2C(SC(=N)N2CCC(=O)O)C1OC(C)=O. The van der Waals surface area contributed by atoms with Crippen molar-refractivity contribution >= 4 is 34.8 Å². The Morgan fingerprint density at radius 3 is 2.61 bits per heavy atom. The molecule has 0 aromatic carbocycles. The number of hydrogen-bond donors (Lipinski definition) is 2. The number of carbonyl (C=O) groups excluding carboxylic acids is 2. The zero-order chi connectivity index (χ0) is 17.1. The standard InChI is InChI=1S/C13H18N2O7S/c1-6(16)20-5-8-10(21-7(2)17)11-12(22-8)15(13(14)23-11)4-3-9(18)19/h8,10-12,14H,3-5H2,1-2H3,(H,18,19). The van der Waals surface area contributed by atoms with E-state index in [1.54, 1.807) is 0 Å². The predicted octanol–water partition coefficient (Wildman–Crippen LogP) is 0.0330. The highest BCUT2D eigenvalue weighted by atomic mass is 32.2. The Morgan fingerprint density at radius 1 is 1.35 bits per heavy atom. The molecule has 128 valence electrons. The van der Waals surface area contributed by atoms with Gasteiger partial charge in [0.15, 0.2) is 5.17 Å². The Labute approximate surface area is 136 Å². The summed E-state index contributed by atoms with van der Waals surface area (Å²) in [6.45, 7) is 2.58. The largest absolute Gasteiger partial charge is 0.481 e. The molecule has 0 saturated carbocycles. The molecule has 0 aliphatic carbocycles. The van der Waals surface area contributed by atoms with Crippen LogP contribution in [-0.2, 0) is 28.6 Å². The zero-order valence-corrected chi connectivity index (χ0v) is 13.5. The molecule has 0 aromatic rings. The second-order valence-corrected chi connectivity index (χ2v) is 6.33. The van der Waals surface area contributed by atoms with Gasteiger partial charge in [-0.05, 0) is 0 Å². The normalized spacial score (nSPS) is 29.3. The minimum absolute atomic E-state index is 0.0685. The number of ether oxygens (including phenoxy) is 3. The lowest BCUT2D eigenvalue weighted by Gasteiger charge is -2.24. The van der Waals surface area contributed by atoms with Crippen molar-refractivity contribution in [1.29, 1.82) is 5.41 Å². The lowest BCUT2D eigenvalue weighted by Crippen LogP contribution is -2.38. The number of carboxylic acids is 1. The van der Waals surface area contributed by atoms with E-state index in [0.717, 1.165) is 11.8 Å². The number of nitrogens with one attached hydrogen (secondary N) is 1. The number of amidine groups is 1. The van der Waals surface area contributed by atoms with Crippen molar-refractivity contribution in [2.75, 3.05) is 13.2 Å². The Kier molecular flexibility index (Phi) is 5.47. The van der Waals surface area contributed by atoms with E-state index in [-0.39, 0.29) is 30.0 Å². The van der Waals surface area contributed by atoms with E-state index in [1.165, 1.54) is 18.7 Å². The van der Waals surface area contributed by atoms with Gasteiger partial charge in [0.1, 0.15) is 25.0 Å². The van der Waals surface area contributed by atoms with Gasteiger partial charge < -0.3 is 24.2 Å². The number of hydrogen-bond acceptors (Lipinski definition) is 8. The maximum Gasteiger partial charge on any atom is 0.305 e. The number of nitrogens with zero attached hydrogens (tertiary/aromatic N) is 1. The average molecular weight is 346 g/mol. The van der Waals surface area contributed by atoms with Crippen LogP contribution >= 0.6 is 11.8 Å². The molecule has 10 heteroatoms. The fourth-order valence-corrected chi connectivity index (χ4v) is 3.79. The summed E-state index contributed by atoms with van der Waals surface area (Å²) in [5.74, 6) is -1.95. The highest BCUT2D eigenvalue weighted by Gasteiger charge is 2.55. The lowest BCUT2D eigenvalue weighted by atomic mass is 10.1. The fraction of sp³-hybridized carbons (Fsp3) is 0.692. The quantitative estimate of drug-likeness (QED) is 0.641. The van der Waals surface area contributed by atoms with E-state index >= 15 is 0 Å². The first-order valence-corrected chi connectivity index (χ1v) is 7.87. The molecule has 0 bridgehead atoms. The third kappa shape index (κ3) is 4.14. The average Bonchev–Trinajstić information content (AvgIpc) is 2.90. The van der Waals surface area contributed by atoms with Gasteiger partial charge in [-0.3, -0.25) is 19.8 Å². The summed E-state index contributed by atoms with van der Waals surface area (Å²) < 4.78 is 16.0. The molecule has 2 rings (SSSR count). The van der Waals surface area contributed by atoms with E-state index < -0.39 is 36.3 Å². The van der Waals surface area contributed by atoms with Crippen molar-refractivity contribution in [3.63, 3.8) is 0 Å². The summed E-state index contributed by atoms with van der Waals surface area (Å²) in [7, 11) is 0.